The summed E-state index contributed by atoms with van der Waals surface area (Å²) < 4.78 is 10.9. The van der Waals surface area contributed by atoms with Gasteiger partial charge in [-0.1, -0.05) is 6.92 Å². The Kier molecular flexibility index (Phi) is 3.57. The number of aliphatic hydroxyl groups is 1. The maximum Gasteiger partial charge on any atom is 0.228 e. The van der Waals surface area contributed by atoms with Crippen molar-refractivity contribution in [1.29, 1.82) is 0 Å². The van der Waals surface area contributed by atoms with E-state index >= 15 is 0 Å². The molecule has 1 aliphatic heterocycles. The fourth-order valence-corrected chi connectivity index (χ4v) is 2.43. The molecule has 0 spiro atoms. The van der Waals surface area contributed by atoms with E-state index in [2.05, 4.69) is 0 Å². The molecule has 2 rings (SSSR count). The van der Waals surface area contributed by atoms with E-state index in [9.17, 15) is 9.59 Å². The minimum absolute atomic E-state index is 0.105. The van der Waals surface area contributed by atoms with E-state index in [0.717, 1.165) is 0 Å². The van der Waals surface area contributed by atoms with Gasteiger partial charge < -0.3 is 14.3 Å². The van der Waals surface area contributed by atoms with E-state index in [1.54, 1.807) is 6.92 Å². The Bertz CT molecular complexity index is 609. The summed E-state index contributed by atoms with van der Waals surface area (Å²) in [5, 5.41) is 9.10. The first-order valence-electron chi connectivity index (χ1n) is 6.16. The first-order chi connectivity index (χ1) is 8.99. The Morgan fingerprint density at radius 1 is 1.47 bits per heavy atom. The second-order valence-electron chi connectivity index (χ2n) is 4.52. The van der Waals surface area contributed by atoms with Gasteiger partial charge in [0.1, 0.15) is 18.1 Å². The van der Waals surface area contributed by atoms with Gasteiger partial charge in [-0.05, 0) is 20.3 Å². The average molecular weight is 264 g/mol. The first-order valence-corrected chi connectivity index (χ1v) is 6.16. The van der Waals surface area contributed by atoms with Crippen LogP contribution in [0.2, 0.25) is 0 Å². The van der Waals surface area contributed by atoms with Crippen molar-refractivity contribution in [3.8, 4) is 5.75 Å². The number of ketones is 1. The molecule has 0 saturated heterocycles. The third-order valence-electron chi connectivity index (χ3n) is 3.22. The lowest BCUT2D eigenvalue weighted by Crippen LogP contribution is -2.23. The molecular weight excluding hydrogens is 248 g/mol. The molecule has 0 aromatic carbocycles. The largest absolute Gasteiger partial charge is 0.459 e. The van der Waals surface area contributed by atoms with Crippen LogP contribution in [0, 0.1) is 0 Å². The zero-order valence-electron chi connectivity index (χ0n) is 11.1. The minimum atomic E-state index is -0.364. The second-order valence-corrected chi connectivity index (χ2v) is 4.52. The van der Waals surface area contributed by atoms with Crippen molar-refractivity contribution in [1.82, 2.24) is 0 Å². The van der Waals surface area contributed by atoms with Crippen LogP contribution < -0.4 is 10.2 Å². The van der Waals surface area contributed by atoms with Gasteiger partial charge in [-0.25, -0.2) is 0 Å². The number of ether oxygens (including phenoxy) is 1. The van der Waals surface area contributed by atoms with Crippen LogP contribution in [0.25, 0.3) is 0 Å². The van der Waals surface area contributed by atoms with Crippen LogP contribution in [-0.4, -0.2) is 10.9 Å². The van der Waals surface area contributed by atoms with E-state index in [4.69, 9.17) is 14.3 Å². The number of hydrogen-bond donors (Lipinski definition) is 1. The number of allylic oxidation sites excluding steroid dienone is 2. The Morgan fingerprint density at radius 3 is 2.68 bits per heavy atom. The van der Waals surface area contributed by atoms with Crippen molar-refractivity contribution in [2.24, 2.45) is 0 Å². The normalized spacial score (nSPS) is 18.0. The zero-order valence-corrected chi connectivity index (χ0v) is 11.1. The van der Waals surface area contributed by atoms with Crippen molar-refractivity contribution in [2.75, 3.05) is 0 Å². The summed E-state index contributed by atoms with van der Waals surface area (Å²) in [4.78, 5) is 23.6. The number of hydrogen-bond acceptors (Lipinski definition) is 5. The summed E-state index contributed by atoms with van der Waals surface area (Å²) in [6.07, 6.45) is 0.612. The summed E-state index contributed by atoms with van der Waals surface area (Å²) in [7, 11) is 0. The number of Topliss-reactive ketones (excluding diaryl/α,β-unsaturated/α-hetero) is 1. The topological polar surface area (TPSA) is 76.7 Å². The highest BCUT2D eigenvalue weighted by Crippen LogP contribution is 2.39. The van der Waals surface area contributed by atoms with Gasteiger partial charge >= 0.3 is 0 Å². The zero-order chi connectivity index (χ0) is 14.2. The number of fused-ring (bicyclic) bond motifs is 1. The summed E-state index contributed by atoms with van der Waals surface area (Å²) in [5.41, 5.74) is 0.180. The Morgan fingerprint density at radius 2 is 2.16 bits per heavy atom. The van der Waals surface area contributed by atoms with Gasteiger partial charge in [-0.15, -0.1) is 0 Å². The smallest absolute Gasteiger partial charge is 0.228 e. The Hall–Kier alpha value is -1.88. The highest BCUT2D eigenvalue weighted by atomic mass is 16.5. The van der Waals surface area contributed by atoms with Gasteiger partial charge in [0, 0.05) is 11.6 Å². The molecule has 5 nitrogen and oxygen atoms in total. The van der Waals surface area contributed by atoms with Crippen LogP contribution >= 0.6 is 0 Å². The van der Waals surface area contributed by atoms with Crippen LogP contribution in [0.15, 0.2) is 26.6 Å². The first kappa shape index (κ1) is 13.5. The summed E-state index contributed by atoms with van der Waals surface area (Å²) in [6, 6.07) is 1.21. The molecule has 1 aromatic heterocycles. The highest BCUT2D eigenvalue weighted by Gasteiger charge is 2.33. The molecule has 102 valence electrons. The number of carbonyl (C=O) groups excluding carboxylic acids is 1. The van der Waals surface area contributed by atoms with E-state index in [1.165, 1.54) is 13.0 Å². The standard InChI is InChI=1S/C14H16O5/c1-4-10-12(7(2)16)8(3)18-14-11(17)5-9(6-15)19-13(10)14/h5,10,15H,4,6H2,1-3H3. The van der Waals surface area contributed by atoms with Crippen LogP contribution in [0.1, 0.15) is 44.6 Å². The number of carbonyl (C=O) groups is 1. The molecule has 0 amide bonds. The van der Waals surface area contributed by atoms with Gasteiger partial charge in [-0.2, -0.15) is 0 Å². The quantitative estimate of drug-likeness (QED) is 0.902. The molecule has 0 bridgehead atoms. The second kappa shape index (κ2) is 5.01. The fourth-order valence-electron chi connectivity index (χ4n) is 2.43. The Labute approximate surface area is 110 Å². The monoisotopic (exact) mass is 264 g/mol. The molecular formula is C14H16O5. The Balaban J connectivity index is 2.67. The van der Waals surface area contributed by atoms with E-state index in [0.29, 0.717) is 23.5 Å². The predicted octanol–water partition coefficient (Wildman–Crippen LogP) is 1.88. The predicted molar refractivity (Wildman–Crippen MR) is 67.9 cm³/mol. The molecule has 19 heavy (non-hydrogen) atoms. The maximum absolute atomic E-state index is 11.9. The molecule has 0 fully saturated rings. The van der Waals surface area contributed by atoms with Crippen LogP contribution in [0.4, 0.5) is 0 Å². The molecule has 1 unspecified atom stereocenters. The van der Waals surface area contributed by atoms with Crippen molar-refractivity contribution < 1.29 is 19.1 Å². The van der Waals surface area contributed by atoms with Crippen molar-refractivity contribution in [3.63, 3.8) is 0 Å². The fraction of sp³-hybridized carbons (Fsp3) is 0.429. The minimum Gasteiger partial charge on any atom is -0.459 e. The lowest BCUT2D eigenvalue weighted by molar-refractivity contribution is -0.114. The van der Waals surface area contributed by atoms with Crippen LogP contribution in [0.5, 0.6) is 5.75 Å². The molecule has 5 heteroatoms. The third kappa shape index (κ3) is 2.21. The lowest BCUT2D eigenvalue weighted by atomic mass is 9.88. The van der Waals surface area contributed by atoms with Gasteiger partial charge in [0.25, 0.3) is 0 Å². The van der Waals surface area contributed by atoms with Crippen molar-refractivity contribution >= 4 is 5.78 Å². The SMILES string of the molecule is CCC1C(C(C)=O)=C(C)Oc2c1oc(CO)cc2=O. The molecule has 1 aromatic rings. The van der Waals surface area contributed by atoms with Gasteiger partial charge in [-0.3, -0.25) is 9.59 Å². The number of rotatable bonds is 3. The highest BCUT2D eigenvalue weighted by molar-refractivity contribution is 5.95. The number of aliphatic hydroxyl groups excluding tert-OH is 1. The summed E-state index contributed by atoms with van der Waals surface area (Å²) in [6.45, 7) is 4.67. The van der Waals surface area contributed by atoms with Crippen molar-refractivity contribution in [2.45, 2.75) is 39.7 Å². The molecule has 2 heterocycles. The molecule has 0 saturated carbocycles. The van der Waals surface area contributed by atoms with Gasteiger partial charge in [0.15, 0.2) is 11.5 Å². The lowest BCUT2D eigenvalue weighted by Gasteiger charge is -2.26. The third-order valence-corrected chi connectivity index (χ3v) is 3.22. The molecule has 1 atom stereocenters. The van der Waals surface area contributed by atoms with E-state index in [1.807, 2.05) is 6.92 Å². The molecule has 1 aliphatic rings. The summed E-state index contributed by atoms with van der Waals surface area (Å²) >= 11 is 0. The average Bonchev–Trinajstić information content (AvgIpc) is 2.37. The van der Waals surface area contributed by atoms with Gasteiger partial charge in [0.2, 0.25) is 11.2 Å². The maximum atomic E-state index is 11.9. The van der Waals surface area contributed by atoms with Crippen LogP contribution in [0.3, 0.4) is 0 Å². The van der Waals surface area contributed by atoms with Crippen molar-refractivity contribution in [3.05, 3.63) is 39.1 Å². The van der Waals surface area contributed by atoms with E-state index in [-0.39, 0.29) is 35.2 Å². The molecule has 0 radical (unpaired) electrons. The molecule has 1 N–H and O–H groups in total. The molecule has 0 aliphatic carbocycles. The van der Waals surface area contributed by atoms with Crippen LogP contribution in [-0.2, 0) is 11.4 Å². The summed E-state index contributed by atoms with van der Waals surface area (Å²) in [5.74, 6) is 0.651. The van der Waals surface area contributed by atoms with E-state index < -0.39 is 0 Å². The van der Waals surface area contributed by atoms with Gasteiger partial charge in [0.05, 0.1) is 5.92 Å².